The van der Waals surface area contributed by atoms with E-state index in [1.165, 1.54) is 0 Å². The Morgan fingerprint density at radius 3 is 2.76 bits per heavy atom. The minimum Gasteiger partial charge on any atom is -0.484 e. The lowest BCUT2D eigenvalue weighted by atomic mass is 10.3. The highest BCUT2D eigenvalue weighted by Gasteiger charge is 2.03. The monoisotopic (exact) mass is 288 g/mol. The largest absolute Gasteiger partial charge is 0.484 e. The van der Waals surface area contributed by atoms with E-state index in [4.69, 9.17) is 9.15 Å². The van der Waals surface area contributed by atoms with E-state index in [0.717, 1.165) is 23.6 Å². The first kappa shape index (κ1) is 15.0. The van der Waals surface area contributed by atoms with E-state index in [1.807, 2.05) is 36.4 Å². The molecule has 0 saturated carbocycles. The molecule has 1 heterocycles. The van der Waals surface area contributed by atoms with Crippen molar-refractivity contribution in [2.45, 2.75) is 19.9 Å². The lowest BCUT2D eigenvalue weighted by molar-refractivity contribution is -0.122. The Hall–Kier alpha value is -2.43. The van der Waals surface area contributed by atoms with Crippen LogP contribution < -0.4 is 15.4 Å². The lowest BCUT2D eigenvalue weighted by Crippen LogP contribution is -2.24. The Kier molecular flexibility index (Phi) is 5.26. The minimum absolute atomic E-state index is 0.0119. The molecule has 5 nitrogen and oxygen atoms in total. The van der Waals surface area contributed by atoms with Crippen molar-refractivity contribution in [2.24, 2.45) is 0 Å². The molecule has 2 aromatic rings. The summed E-state index contributed by atoms with van der Waals surface area (Å²) < 4.78 is 11.0. The van der Waals surface area contributed by atoms with Crippen LogP contribution in [-0.4, -0.2) is 19.6 Å². The molecule has 1 aromatic heterocycles. The van der Waals surface area contributed by atoms with Gasteiger partial charge in [-0.3, -0.25) is 4.79 Å². The van der Waals surface area contributed by atoms with Crippen LogP contribution in [0.5, 0.6) is 5.75 Å². The summed E-state index contributed by atoms with van der Waals surface area (Å²) in [7, 11) is 1.58. The number of benzene rings is 1. The fraction of sp³-hybridized carbons (Fsp3) is 0.312. The molecule has 1 aromatic carbocycles. The number of carbonyl (C=O) groups excluding carboxylic acids is 1. The van der Waals surface area contributed by atoms with Gasteiger partial charge in [-0.2, -0.15) is 0 Å². The maximum Gasteiger partial charge on any atom is 0.257 e. The number of nitrogens with one attached hydrogen (secondary N) is 2. The Labute approximate surface area is 124 Å². The predicted octanol–water partition coefficient (Wildman–Crippen LogP) is 2.58. The first-order valence-corrected chi connectivity index (χ1v) is 6.96. The van der Waals surface area contributed by atoms with Gasteiger partial charge in [0.05, 0.1) is 6.54 Å². The number of carbonyl (C=O) groups is 1. The highest BCUT2D eigenvalue weighted by molar-refractivity contribution is 5.77. The summed E-state index contributed by atoms with van der Waals surface area (Å²) in [5, 5.41) is 5.78. The van der Waals surface area contributed by atoms with Crippen LogP contribution in [0, 0.1) is 0 Å². The number of anilines is 1. The zero-order valence-corrected chi connectivity index (χ0v) is 12.3. The molecule has 0 aliphatic rings. The van der Waals surface area contributed by atoms with Crippen LogP contribution in [0.25, 0.3) is 0 Å². The molecule has 2 rings (SSSR count). The van der Waals surface area contributed by atoms with Crippen molar-refractivity contribution >= 4 is 11.6 Å². The van der Waals surface area contributed by atoms with Gasteiger partial charge in [-0.05, 0) is 24.3 Å². The van der Waals surface area contributed by atoms with Crippen molar-refractivity contribution in [2.75, 3.05) is 19.0 Å². The number of amides is 1. The van der Waals surface area contributed by atoms with E-state index in [2.05, 4.69) is 17.6 Å². The molecular weight excluding hydrogens is 268 g/mol. The summed E-state index contributed by atoms with van der Waals surface area (Å²) in [5.41, 5.74) is 0.916. The van der Waals surface area contributed by atoms with Crippen LogP contribution in [0.2, 0.25) is 0 Å². The third kappa shape index (κ3) is 4.56. The molecule has 0 spiro atoms. The third-order valence-electron chi connectivity index (χ3n) is 3.02. The number of aryl methyl sites for hydroxylation is 1. The fourth-order valence-corrected chi connectivity index (χ4v) is 1.81. The smallest absolute Gasteiger partial charge is 0.257 e. The van der Waals surface area contributed by atoms with E-state index in [0.29, 0.717) is 12.3 Å². The van der Waals surface area contributed by atoms with Crippen molar-refractivity contribution in [3.63, 3.8) is 0 Å². The second-order valence-corrected chi connectivity index (χ2v) is 4.56. The Morgan fingerprint density at radius 1 is 1.24 bits per heavy atom. The number of hydrogen-bond donors (Lipinski definition) is 2. The highest BCUT2D eigenvalue weighted by atomic mass is 16.5. The highest BCUT2D eigenvalue weighted by Crippen LogP contribution is 2.18. The summed E-state index contributed by atoms with van der Waals surface area (Å²) in [6, 6.07) is 11.4. The van der Waals surface area contributed by atoms with Gasteiger partial charge < -0.3 is 19.8 Å². The number of likely N-dealkylation sites (N-methyl/N-ethyl adjacent to an activating group) is 1. The summed E-state index contributed by atoms with van der Waals surface area (Å²) in [4.78, 5) is 11.1. The second-order valence-electron chi connectivity index (χ2n) is 4.56. The van der Waals surface area contributed by atoms with Gasteiger partial charge in [0.15, 0.2) is 6.61 Å². The van der Waals surface area contributed by atoms with Crippen molar-refractivity contribution in [1.29, 1.82) is 0 Å². The maximum atomic E-state index is 11.1. The molecule has 0 unspecified atom stereocenters. The molecule has 21 heavy (non-hydrogen) atoms. The molecule has 0 bridgehead atoms. The van der Waals surface area contributed by atoms with Gasteiger partial charge in [-0.15, -0.1) is 0 Å². The van der Waals surface area contributed by atoms with Crippen LogP contribution >= 0.6 is 0 Å². The molecule has 0 saturated heterocycles. The molecule has 0 radical (unpaired) electrons. The average Bonchev–Trinajstić information content (AvgIpc) is 2.99. The van der Waals surface area contributed by atoms with Crippen molar-refractivity contribution < 1.29 is 13.9 Å². The molecule has 1 amide bonds. The van der Waals surface area contributed by atoms with Gasteiger partial charge in [-0.25, -0.2) is 0 Å². The third-order valence-corrected chi connectivity index (χ3v) is 3.02. The van der Waals surface area contributed by atoms with Crippen LogP contribution in [0.3, 0.4) is 0 Å². The van der Waals surface area contributed by atoms with Gasteiger partial charge in [-0.1, -0.05) is 13.0 Å². The van der Waals surface area contributed by atoms with Gasteiger partial charge in [0.25, 0.3) is 5.91 Å². The molecule has 5 heteroatoms. The molecule has 112 valence electrons. The van der Waals surface area contributed by atoms with Crippen molar-refractivity contribution in [3.8, 4) is 5.75 Å². The lowest BCUT2D eigenvalue weighted by Gasteiger charge is -2.08. The van der Waals surface area contributed by atoms with E-state index in [9.17, 15) is 4.79 Å². The SMILES string of the molecule is CCc1ccc(CNc2cccc(OCC(=O)NC)c2)o1. The fourth-order valence-electron chi connectivity index (χ4n) is 1.81. The van der Waals surface area contributed by atoms with Gasteiger partial charge in [0, 0.05) is 25.2 Å². The zero-order chi connectivity index (χ0) is 15.1. The van der Waals surface area contributed by atoms with E-state index in [1.54, 1.807) is 7.05 Å². The maximum absolute atomic E-state index is 11.1. The van der Waals surface area contributed by atoms with Crippen LogP contribution in [0.1, 0.15) is 18.4 Å². The average molecular weight is 288 g/mol. The van der Waals surface area contributed by atoms with Gasteiger partial charge in [0.2, 0.25) is 0 Å². The number of ether oxygens (including phenoxy) is 1. The van der Waals surface area contributed by atoms with E-state index >= 15 is 0 Å². The van der Waals surface area contributed by atoms with Gasteiger partial charge >= 0.3 is 0 Å². The number of furan rings is 1. The molecule has 0 atom stereocenters. The van der Waals surface area contributed by atoms with E-state index in [-0.39, 0.29) is 12.5 Å². The topological polar surface area (TPSA) is 63.5 Å². The van der Waals surface area contributed by atoms with E-state index < -0.39 is 0 Å². The first-order valence-electron chi connectivity index (χ1n) is 6.96. The van der Waals surface area contributed by atoms with Crippen LogP contribution in [-0.2, 0) is 17.8 Å². The Balaban J connectivity index is 1.89. The van der Waals surface area contributed by atoms with Crippen LogP contribution in [0.15, 0.2) is 40.8 Å². The summed E-state index contributed by atoms with van der Waals surface area (Å²) in [6.45, 7) is 2.68. The summed E-state index contributed by atoms with van der Waals surface area (Å²) in [5.74, 6) is 2.37. The van der Waals surface area contributed by atoms with Gasteiger partial charge in [0.1, 0.15) is 17.3 Å². The van der Waals surface area contributed by atoms with Crippen molar-refractivity contribution in [3.05, 3.63) is 47.9 Å². The first-order chi connectivity index (χ1) is 10.2. The molecule has 0 aliphatic carbocycles. The number of hydrogen-bond acceptors (Lipinski definition) is 4. The molecular formula is C16H20N2O3. The Bertz CT molecular complexity index is 593. The molecule has 0 fully saturated rings. The summed E-state index contributed by atoms with van der Waals surface area (Å²) >= 11 is 0. The normalized spacial score (nSPS) is 10.2. The Morgan fingerprint density at radius 2 is 2.05 bits per heavy atom. The predicted molar refractivity (Wildman–Crippen MR) is 81.4 cm³/mol. The second kappa shape index (κ2) is 7.38. The standard InChI is InChI=1S/C16H20N2O3/c1-3-13-7-8-15(21-13)10-18-12-5-4-6-14(9-12)20-11-16(19)17-2/h4-9,18H,3,10-11H2,1-2H3,(H,17,19). The molecule has 0 aliphatic heterocycles. The minimum atomic E-state index is -0.156. The molecule has 2 N–H and O–H groups in total. The quantitative estimate of drug-likeness (QED) is 0.822. The number of rotatable bonds is 7. The van der Waals surface area contributed by atoms with Crippen LogP contribution in [0.4, 0.5) is 5.69 Å². The summed E-state index contributed by atoms with van der Waals surface area (Å²) in [6.07, 6.45) is 0.892. The zero-order valence-electron chi connectivity index (χ0n) is 12.3. The van der Waals surface area contributed by atoms with Crippen molar-refractivity contribution in [1.82, 2.24) is 5.32 Å².